The maximum absolute atomic E-state index is 12.5. The minimum atomic E-state index is -3.71. The van der Waals surface area contributed by atoms with Crippen LogP contribution in [0.4, 0.5) is 5.69 Å². The maximum atomic E-state index is 12.5. The second-order valence-corrected chi connectivity index (χ2v) is 8.88. The number of rotatable bonds is 7. The number of ether oxygens (including phenoxy) is 1. The Morgan fingerprint density at radius 1 is 1.07 bits per heavy atom. The Hall–Kier alpha value is -2.75. The molecule has 1 heterocycles. The van der Waals surface area contributed by atoms with Gasteiger partial charge in [0.2, 0.25) is 15.9 Å². The zero-order chi connectivity index (χ0) is 21.6. The summed E-state index contributed by atoms with van der Waals surface area (Å²) < 4.78 is 32.8. The summed E-state index contributed by atoms with van der Waals surface area (Å²) >= 11 is 0. The monoisotopic (exact) mass is 431 g/mol. The van der Waals surface area contributed by atoms with Crippen LogP contribution in [-0.4, -0.2) is 39.5 Å². The van der Waals surface area contributed by atoms with Gasteiger partial charge >= 0.3 is 0 Å². The summed E-state index contributed by atoms with van der Waals surface area (Å²) in [5.41, 5.74) is 1.77. The number of carbonyl (C=O) groups excluding carboxylic acids is 2. The van der Waals surface area contributed by atoms with E-state index >= 15 is 0 Å². The van der Waals surface area contributed by atoms with E-state index in [0.717, 1.165) is 25.0 Å². The van der Waals surface area contributed by atoms with Crippen molar-refractivity contribution in [1.29, 1.82) is 0 Å². The van der Waals surface area contributed by atoms with Gasteiger partial charge in [-0.25, -0.2) is 13.1 Å². The molecule has 30 heavy (non-hydrogen) atoms. The van der Waals surface area contributed by atoms with Gasteiger partial charge in [0.1, 0.15) is 0 Å². The molecule has 0 bridgehead atoms. The highest BCUT2D eigenvalue weighted by Crippen LogP contribution is 2.15. The predicted molar refractivity (Wildman–Crippen MR) is 113 cm³/mol. The maximum Gasteiger partial charge on any atom is 0.251 e. The molecule has 1 unspecified atom stereocenters. The first-order valence-electron chi connectivity index (χ1n) is 9.68. The van der Waals surface area contributed by atoms with Crippen molar-refractivity contribution in [1.82, 2.24) is 10.0 Å². The summed E-state index contributed by atoms with van der Waals surface area (Å²) in [6.45, 7) is 2.73. The lowest BCUT2D eigenvalue weighted by Crippen LogP contribution is -2.40. The van der Waals surface area contributed by atoms with Gasteiger partial charge in [-0.1, -0.05) is 12.1 Å². The molecule has 2 amide bonds. The molecule has 8 nitrogen and oxygen atoms in total. The molecule has 1 fully saturated rings. The predicted octanol–water partition coefficient (Wildman–Crippen LogP) is 2.03. The second-order valence-electron chi connectivity index (χ2n) is 7.11. The number of hydrogen-bond acceptors (Lipinski definition) is 5. The van der Waals surface area contributed by atoms with Crippen LogP contribution >= 0.6 is 0 Å². The van der Waals surface area contributed by atoms with Crippen LogP contribution in [0.3, 0.4) is 0 Å². The third kappa shape index (κ3) is 6.12. The summed E-state index contributed by atoms with van der Waals surface area (Å²) in [4.78, 5) is 23.5. The summed E-state index contributed by atoms with van der Waals surface area (Å²) in [6.07, 6.45) is 1.83. The van der Waals surface area contributed by atoms with E-state index in [1.165, 1.54) is 31.2 Å². The molecule has 2 aromatic rings. The molecule has 3 rings (SSSR count). The average Bonchev–Trinajstić information content (AvgIpc) is 2.73. The fourth-order valence-corrected chi connectivity index (χ4v) is 4.10. The normalized spacial score (nSPS) is 16.6. The number of hydrogen-bond donors (Lipinski definition) is 3. The minimum absolute atomic E-state index is 0.0229. The van der Waals surface area contributed by atoms with E-state index < -0.39 is 10.0 Å². The van der Waals surface area contributed by atoms with Crippen molar-refractivity contribution in [3.63, 3.8) is 0 Å². The van der Waals surface area contributed by atoms with E-state index in [2.05, 4.69) is 15.4 Å². The van der Waals surface area contributed by atoms with Crippen LogP contribution in [0.2, 0.25) is 0 Å². The van der Waals surface area contributed by atoms with E-state index in [-0.39, 0.29) is 29.3 Å². The van der Waals surface area contributed by atoms with Crippen molar-refractivity contribution in [2.45, 2.75) is 37.2 Å². The highest BCUT2D eigenvalue weighted by molar-refractivity contribution is 7.89. The Labute approximate surface area is 176 Å². The van der Waals surface area contributed by atoms with Gasteiger partial charge in [0.05, 0.1) is 17.5 Å². The second kappa shape index (κ2) is 9.84. The molecule has 0 radical (unpaired) electrons. The Kier molecular flexibility index (Phi) is 7.20. The number of carbonyl (C=O) groups is 2. The van der Waals surface area contributed by atoms with E-state index in [1.807, 2.05) is 0 Å². The first-order chi connectivity index (χ1) is 14.3. The zero-order valence-corrected chi connectivity index (χ0v) is 17.5. The molecule has 1 aliphatic rings. The summed E-state index contributed by atoms with van der Waals surface area (Å²) in [7, 11) is -3.71. The van der Waals surface area contributed by atoms with Crippen LogP contribution in [0.15, 0.2) is 53.4 Å². The molecule has 1 aliphatic heterocycles. The SMILES string of the molecule is CC(=O)Nc1ccc(S(=O)(=O)NCc2ccc(C(=O)NC3CCCOC3)cc2)cc1. The first-order valence-corrected chi connectivity index (χ1v) is 11.2. The number of anilines is 1. The number of sulfonamides is 1. The largest absolute Gasteiger partial charge is 0.379 e. The molecular formula is C21H25N3O5S. The van der Waals surface area contributed by atoms with Gasteiger partial charge in [-0.3, -0.25) is 9.59 Å². The van der Waals surface area contributed by atoms with Crippen molar-refractivity contribution in [3.8, 4) is 0 Å². The van der Waals surface area contributed by atoms with Gasteiger partial charge in [0, 0.05) is 31.3 Å². The molecule has 2 aromatic carbocycles. The van der Waals surface area contributed by atoms with Crippen molar-refractivity contribution >= 4 is 27.5 Å². The number of benzene rings is 2. The number of amides is 2. The molecule has 0 spiro atoms. The number of nitrogens with one attached hydrogen (secondary N) is 3. The van der Waals surface area contributed by atoms with Gasteiger partial charge in [-0.05, 0) is 54.8 Å². The molecule has 0 aliphatic carbocycles. The molecule has 0 aromatic heterocycles. The quantitative estimate of drug-likeness (QED) is 0.621. The van der Waals surface area contributed by atoms with Gasteiger partial charge in [-0.2, -0.15) is 0 Å². The summed E-state index contributed by atoms with van der Waals surface area (Å²) in [5.74, 6) is -0.398. The Bertz CT molecular complexity index is 982. The van der Waals surface area contributed by atoms with Crippen molar-refractivity contribution in [2.75, 3.05) is 18.5 Å². The van der Waals surface area contributed by atoms with Gasteiger partial charge in [0.25, 0.3) is 5.91 Å². The lowest BCUT2D eigenvalue weighted by molar-refractivity contribution is -0.114. The molecular weight excluding hydrogens is 406 g/mol. The Morgan fingerprint density at radius 2 is 1.77 bits per heavy atom. The summed E-state index contributed by atoms with van der Waals surface area (Å²) in [6, 6.07) is 12.7. The third-order valence-corrected chi connectivity index (χ3v) is 6.08. The molecule has 3 N–H and O–H groups in total. The molecule has 9 heteroatoms. The standard InChI is InChI=1S/C21H25N3O5S/c1-15(25)23-18-8-10-20(11-9-18)30(27,28)22-13-16-4-6-17(7-5-16)21(26)24-19-3-2-12-29-14-19/h4-11,19,22H,2-3,12-14H2,1H3,(H,23,25)(H,24,26). The lowest BCUT2D eigenvalue weighted by Gasteiger charge is -2.23. The van der Waals surface area contributed by atoms with Crippen LogP contribution < -0.4 is 15.4 Å². The summed E-state index contributed by atoms with van der Waals surface area (Å²) in [5, 5.41) is 5.53. The van der Waals surface area contributed by atoms with Gasteiger partial charge in [-0.15, -0.1) is 0 Å². The minimum Gasteiger partial charge on any atom is -0.379 e. The third-order valence-electron chi connectivity index (χ3n) is 4.66. The fraction of sp³-hybridized carbons (Fsp3) is 0.333. The highest BCUT2D eigenvalue weighted by Gasteiger charge is 2.17. The van der Waals surface area contributed by atoms with Crippen molar-refractivity contribution in [3.05, 3.63) is 59.7 Å². The molecule has 0 saturated carbocycles. The highest BCUT2D eigenvalue weighted by atomic mass is 32.2. The molecule has 1 atom stereocenters. The van der Waals surface area contributed by atoms with E-state index in [4.69, 9.17) is 4.74 Å². The van der Waals surface area contributed by atoms with E-state index in [9.17, 15) is 18.0 Å². The van der Waals surface area contributed by atoms with Gasteiger partial charge in [0.15, 0.2) is 0 Å². The Balaban J connectivity index is 1.55. The molecule has 160 valence electrons. The van der Waals surface area contributed by atoms with Crippen LogP contribution in [0, 0.1) is 0 Å². The average molecular weight is 432 g/mol. The van der Waals surface area contributed by atoms with Crippen LogP contribution in [0.5, 0.6) is 0 Å². The smallest absolute Gasteiger partial charge is 0.251 e. The lowest BCUT2D eigenvalue weighted by atomic mass is 10.1. The van der Waals surface area contributed by atoms with E-state index in [1.54, 1.807) is 24.3 Å². The fourth-order valence-electron chi connectivity index (χ4n) is 3.08. The van der Waals surface area contributed by atoms with Crippen molar-refractivity contribution in [2.24, 2.45) is 0 Å². The van der Waals surface area contributed by atoms with Crippen LogP contribution in [-0.2, 0) is 26.1 Å². The van der Waals surface area contributed by atoms with Gasteiger partial charge < -0.3 is 15.4 Å². The van der Waals surface area contributed by atoms with Crippen LogP contribution in [0.25, 0.3) is 0 Å². The first kappa shape index (κ1) is 21.9. The van der Waals surface area contributed by atoms with Crippen LogP contribution in [0.1, 0.15) is 35.7 Å². The topological polar surface area (TPSA) is 114 Å². The Morgan fingerprint density at radius 3 is 2.37 bits per heavy atom. The van der Waals surface area contributed by atoms with E-state index in [0.29, 0.717) is 17.9 Å². The zero-order valence-electron chi connectivity index (χ0n) is 16.7. The van der Waals surface area contributed by atoms with Crippen molar-refractivity contribution < 1.29 is 22.7 Å². The molecule has 1 saturated heterocycles.